The average molecular weight is 396 g/mol. The maximum absolute atomic E-state index is 13.0. The van der Waals surface area contributed by atoms with Crippen molar-refractivity contribution in [1.82, 2.24) is 19.3 Å². The Bertz CT molecular complexity index is 822. The summed E-state index contributed by atoms with van der Waals surface area (Å²) in [6.45, 7) is 6.45. The van der Waals surface area contributed by atoms with E-state index in [1.165, 1.54) is 0 Å². The molecule has 3 heterocycles. The zero-order valence-electron chi connectivity index (χ0n) is 16.7. The van der Waals surface area contributed by atoms with Gasteiger partial charge in [0.2, 0.25) is 5.91 Å². The zero-order valence-corrected chi connectivity index (χ0v) is 16.7. The Morgan fingerprint density at radius 2 is 1.52 bits per heavy atom. The molecule has 7 nitrogen and oxygen atoms in total. The van der Waals surface area contributed by atoms with Gasteiger partial charge in [-0.25, -0.2) is 0 Å². The van der Waals surface area contributed by atoms with Crippen LogP contribution in [0.15, 0.2) is 48.7 Å². The number of carbonyl (C=O) groups excluding carboxylic acids is 2. The van der Waals surface area contributed by atoms with Gasteiger partial charge >= 0.3 is 0 Å². The fraction of sp³-hybridized carbons (Fsp3) is 0.455. The summed E-state index contributed by atoms with van der Waals surface area (Å²) in [6.07, 6.45) is 1.95. The van der Waals surface area contributed by atoms with Crippen LogP contribution in [-0.2, 0) is 16.1 Å². The van der Waals surface area contributed by atoms with E-state index in [0.29, 0.717) is 58.2 Å². The molecule has 2 aliphatic heterocycles. The summed E-state index contributed by atoms with van der Waals surface area (Å²) in [6, 6.07) is 13.9. The normalized spacial score (nSPS) is 18.1. The third-order valence-corrected chi connectivity index (χ3v) is 5.63. The first-order chi connectivity index (χ1) is 14.2. The van der Waals surface area contributed by atoms with E-state index in [0.717, 1.165) is 18.7 Å². The molecule has 0 unspecified atom stereocenters. The minimum Gasteiger partial charge on any atom is -0.379 e. The van der Waals surface area contributed by atoms with Crippen molar-refractivity contribution >= 4 is 11.8 Å². The first-order valence-corrected chi connectivity index (χ1v) is 10.3. The summed E-state index contributed by atoms with van der Waals surface area (Å²) in [5, 5.41) is 0. The van der Waals surface area contributed by atoms with E-state index in [1.54, 1.807) is 0 Å². The second kappa shape index (κ2) is 9.24. The Hall–Kier alpha value is -2.64. The maximum Gasteiger partial charge on any atom is 0.270 e. The van der Waals surface area contributed by atoms with Gasteiger partial charge in [0.1, 0.15) is 5.69 Å². The predicted octanol–water partition coefficient (Wildman–Crippen LogP) is 1.15. The van der Waals surface area contributed by atoms with Gasteiger partial charge in [-0.2, -0.15) is 0 Å². The number of morpholine rings is 1. The van der Waals surface area contributed by atoms with Crippen molar-refractivity contribution in [3.8, 4) is 0 Å². The van der Waals surface area contributed by atoms with Gasteiger partial charge in [-0.1, -0.05) is 30.3 Å². The molecule has 0 spiro atoms. The van der Waals surface area contributed by atoms with Crippen molar-refractivity contribution in [3.05, 3.63) is 59.9 Å². The highest BCUT2D eigenvalue weighted by molar-refractivity contribution is 5.93. The van der Waals surface area contributed by atoms with Crippen molar-refractivity contribution in [2.75, 3.05) is 59.0 Å². The van der Waals surface area contributed by atoms with Gasteiger partial charge in [-0.3, -0.25) is 14.5 Å². The second-order valence-corrected chi connectivity index (χ2v) is 7.57. The van der Waals surface area contributed by atoms with Crippen LogP contribution in [-0.4, -0.2) is 90.1 Å². The average Bonchev–Trinajstić information content (AvgIpc) is 3.23. The Kier molecular flexibility index (Phi) is 6.27. The fourth-order valence-corrected chi connectivity index (χ4v) is 3.90. The molecule has 0 saturated carbocycles. The first-order valence-electron chi connectivity index (χ1n) is 10.3. The third-order valence-electron chi connectivity index (χ3n) is 5.63. The lowest BCUT2D eigenvalue weighted by Crippen LogP contribution is -2.53. The summed E-state index contributed by atoms with van der Waals surface area (Å²) >= 11 is 0. The fourth-order valence-electron chi connectivity index (χ4n) is 3.90. The number of rotatable bonds is 5. The van der Waals surface area contributed by atoms with Gasteiger partial charge in [0.25, 0.3) is 5.91 Å². The minimum atomic E-state index is 0.0335. The quantitative estimate of drug-likeness (QED) is 0.761. The molecule has 1 aromatic carbocycles. The Balaban J connectivity index is 1.31. The van der Waals surface area contributed by atoms with Crippen LogP contribution in [0.3, 0.4) is 0 Å². The second-order valence-electron chi connectivity index (χ2n) is 7.57. The molecular weight excluding hydrogens is 368 g/mol. The number of benzene rings is 1. The summed E-state index contributed by atoms with van der Waals surface area (Å²) in [5.74, 6) is 0.178. The monoisotopic (exact) mass is 396 g/mol. The van der Waals surface area contributed by atoms with Gasteiger partial charge in [0, 0.05) is 52.0 Å². The number of amides is 2. The molecule has 1 aromatic heterocycles. The molecule has 154 valence electrons. The number of carbonyl (C=O) groups is 2. The van der Waals surface area contributed by atoms with Crippen LogP contribution in [0.4, 0.5) is 0 Å². The number of piperazine rings is 1. The first kappa shape index (κ1) is 19.7. The van der Waals surface area contributed by atoms with Gasteiger partial charge in [0.15, 0.2) is 0 Å². The largest absolute Gasteiger partial charge is 0.379 e. The summed E-state index contributed by atoms with van der Waals surface area (Å²) < 4.78 is 7.33. The van der Waals surface area contributed by atoms with Crippen LogP contribution >= 0.6 is 0 Å². The molecule has 2 saturated heterocycles. The lowest BCUT2D eigenvalue weighted by Gasteiger charge is -2.36. The molecule has 0 N–H and O–H groups in total. The van der Waals surface area contributed by atoms with Crippen LogP contribution in [0.1, 0.15) is 16.1 Å². The van der Waals surface area contributed by atoms with Gasteiger partial charge in [0.05, 0.1) is 19.8 Å². The Morgan fingerprint density at radius 1 is 0.828 bits per heavy atom. The summed E-state index contributed by atoms with van der Waals surface area (Å²) in [7, 11) is 0. The summed E-state index contributed by atoms with van der Waals surface area (Å²) in [5.41, 5.74) is 1.86. The summed E-state index contributed by atoms with van der Waals surface area (Å²) in [4.78, 5) is 31.5. The molecule has 0 bridgehead atoms. The molecule has 2 fully saturated rings. The molecule has 29 heavy (non-hydrogen) atoms. The molecule has 2 amide bonds. The van der Waals surface area contributed by atoms with Crippen molar-refractivity contribution in [1.29, 1.82) is 0 Å². The lowest BCUT2D eigenvalue weighted by atomic mass is 10.2. The number of ether oxygens (including phenoxy) is 1. The standard InChI is InChI=1S/C22H28N4O3/c27-21(18-23-13-15-29-16-14-23)24-9-11-25(12-10-24)22(28)20-7-4-8-26(20)17-19-5-2-1-3-6-19/h1-8H,9-18H2. The van der Waals surface area contributed by atoms with Crippen molar-refractivity contribution in [2.24, 2.45) is 0 Å². The van der Waals surface area contributed by atoms with Gasteiger partial charge in [-0.15, -0.1) is 0 Å². The maximum atomic E-state index is 13.0. The zero-order chi connectivity index (χ0) is 20.1. The highest BCUT2D eigenvalue weighted by Crippen LogP contribution is 2.13. The lowest BCUT2D eigenvalue weighted by molar-refractivity contribution is -0.134. The van der Waals surface area contributed by atoms with E-state index in [1.807, 2.05) is 50.9 Å². The highest BCUT2D eigenvalue weighted by Gasteiger charge is 2.27. The number of aromatic nitrogens is 1. The number of nitrogens with zero attached hydrogens (tertiary/aromatic N) is 4. The molecule has 2 aliphatic rings. The van der Waals surface area contributed by atoms with E-state index in [9.17, 15) is 9.59 Å². The molecular formula is C22H28N4O3. The van der Waals surface area contributed by atoms with E-state index in [-0.39, 0.29) is 11.8 Å². The van der Waals surface area contributed by atoms with Gasteiger partial charge < -0.3 is 19.1 Å². The van der Waals surface area contributed by atoms with E-state index < -0.39 is 0 Å². The SMILES string of the molecule is O=C(CN1CCOCC1)N1CCN(C(=O)c2cccn2Cc2ccccc2)CC1. The van der Waals surface area contributed by atoms with Crippen molar-refractivity contribution in [2.45, 2.75) is 6.54 Å². The Labute approximate surface area is 171 Å². The minimum absolute atomic E-state index is 0.0335. The molecule has 7 heteroatoms. The topological polar surface area (TPSA) is 58.0 Å². The highest BCUT2D eigenvalue weighted by atomic mass is 16.5. The molecule has 0 radical (unpaired) electrons. The number of hydrogen-bond acceptors (Lipinski definition) is 4. The third kappa shape index (κ3) is 4.86. The van der Waals surface area contributed by atoms with E-state index in [2.05, 4.69) is 17.0 Å². The van der Waals surface area contributed by atoms with Gasteiger partial charge in [-0.05, 0) is 17.7 Å². The van der Waals surface area contributed by atoms with Crippen molar-refractivity contribution < 1.29 is 14.3 Å². The van der Waals surface area contributed by atoms with Crippen molar-refractivity contribution in [3.63, 3.8) is 0 Å². The van der Waals surface area contributed by atoms with Crippen LogP contribution in [0.2, 0.25) is 0 Å². The van der Waals surface area contributed by atoms with Crippen LogP contribution in [0.5, 0.6) is 0 Å². The molecule has 0 atom stereocenters. The van der Waals surface area contributed by atoms with Crippen LogP contribution < -0.4 is 0 Å². The molecule has 2 aromatic rings. The van der Waals surface area contributed by atoms with E-state index in [4.69, 9.17) is 4.74 Å². The number of hydrogen-bond donors (Lipinski definition) is 0. The van der Waals surface area contributed by atoms with E-state index >= 15 is 0 Å². The van der Waals surface area contributed by atoms with Crippen LogP contribution in [0, 0.1) is 0 Å². The molecule has 4 rings (SSSR count). The predicted molar refractivity (Wildman–Crippen MR) is 110 cm³/mol. The smallest absolute Gasteiger partial charge is 0.270 e. The molecule has 0 aliphatic carbocycles. The Morgan fingerprint density at radius 3 is 2.24 bits per heavy atom. The van der Waals surface area contributed by atoms with Crippen LogP contribution in [0.25, 0.3) is 0 Å².